The molecule has 0 fully saturated rings. The van der Waals surface area contributed by atoms with E-state index in [2.05, 4.69) is 5.10 Å². The van der Waals surface area contributed by atoms with Gasteiger partial charge in [0.1, 0.15) is 0 Å². The standard InChI is InChI=1S/C28H32ClN5O2/c1-18(2)26(32(15-14-30)27(35)22-12-10-19(3)11-13-22)24-16-23-25(29)20(4)31-34(23)28(36)33(24)17-21-8-6-5-7-9-21/h5-13,16,18,26H,14-15,17,30H2,1-4H3. The molecule has 0 radical (unpaired) electrons. The molecule has 0 saturated heterocycles. The number of fused-ring (bicyclic) bond motifs is 1. The quantitative estimate of drug-likeness (QED) is 0.379. The number of rotatable bonds is 8. The number of benzene rings is 2. The molecule has 0 saturated carbocycles. The van der Waals surface area contributed by atoms with Crippen LogP contribution in [0.5, 0.6) is 0 Å². The summed E-state index contributed by atoms with van der Waals surface area (Å²) in [4.78, 5) is 29.4. The monoisotopic (exact) mass is 505 g/mol. The van der Waals surface area contributed by atoms with Crippen molar-refractivity contribution < 1.29 is 4.79 Å². The Labute approximate surface area is 216 Å². The van der Waals surface area contributed by atoms with Gasteiger partial charge in [-0.1, -0.05) is 73.5 Å². The van der Waals surface area contributed by atoms with E-state index in [1.54, 1.807) is 16.4 Å². The van der Waals surface area contributed by atoms with Gasteiger partial charge in [-0.2, -0.15) is 9.61 Å². The first-order valence-corrected chi connectivity index (χ1v) is 12.5. The Bertz CT molecular complexity index is 1420. The molecular formula is C28H32ClN5O2. The van der Waals surface area contributed by atoms with Crippen LogP contribution in [0, 0.1) is 19.8 Å². The van der Waals surface area contributed by atoms with E-state index >= 15 is 0 Å². The molecule has 0 spiro atoms. The molecule has 1 atom stereocenters. The van der Waals surface area contributed by atoms with Crippen LogP contribution in [0.3, 0.4) is 0 Å². The zero-order valence-electron chi connectivity index (χ0n) is 21.1. The lowest BCUT2D eigenvalue weighted by molar-refractivity contribution is 0.0618. The molecule has 2 N–H and O–H groups in total. The minimum Gasteiger partial charge on any atom is -0.329 e. The highest BCUT2D eigenvalue weighted by molar-refractivity contribution is 6.34. The van der Waals surface area contributed by atoms with Gasteiger partial charge >= 0.3 is 5.69 Å². The van der Waals surface area contributed by atoms with Crippen LogP contribution in [0.4, 0.5) is 0 Å². The molecule has 2 aromatic heterocycles. The number of nitrogens with zero attached hydrogens (tertiary/aromatic N) is 4. The van der Waals surface area contributed by atoms with Gasteiger partial charge in [-0.05, 0) is 43.5 Å². The maximum Gasteiger partial charge on any atom is 0.349 e. The summed E-state index contributed by atoms with van der Waals surface area (Å²) in [6.07, 6.45) is 0. The maximum atomic E-state index is 13.8. The van der Waals surface area contributed by atoms with E-state index in [1.165, 1.54) is 4.52 Å². The molecule has 2 aromatic carbocycles. The van der Waals surface area contributed by atoms with E-state index in [9.17, 15) is 9.59 Å². The molecule has 0 aliphatic rings. The first-order chi connectivity index (χ1) is 17.2. The fourth-order valence-electron chi connectivity index (χ4n) is 4.64. The van der Waals surface area contributed by atoms with Gasteiger partial charge < -0.3 is 10.6 Å². The summed E-state index contributed by atoms with van der Waals surface area (Å²) < 4.78 is 3.04. The number of carbonyl (C=O) groups is 1. The zero-order chi connectivity index (χ0) is 26.0. The van der Waals surface area contributed by atoms with E-state index in [-0.39, 0.29) is 17.5 Å². The third-order valence-electron chi connectivity index (χ3n) is 6.41. The fraction of sp³-hybridized carbons (Fsp3) is 0.321. The highest BCUT2D eigenvalue weighted by atomic mass is 35.5. The van der Waals surface area contributed by atoms with Crippen molar-refractivity contribution in [3.8, 4) is 0 Å². The predicted octanol–water partition coefficient (Wildman–Crippen LogP) is 4.61. The molecule has 1 amide bonds. The first-order valence-electron chi connectivity index (χ1n) is 12.1. The second-order valence-electron chi connectivity index (χ2n) is 9.46. The van der Waals surface area contributed by atoms with Gasteiger partial charge in [0.25, 0.3) is 5.91 Å². The van der Waals surface area contributed by atoms with Crippen molar-refractivity contribution in [2.24, 2.45) is 11.7 Å². The van der Waals surface area contributed by atoms with E-state index in [0.29, 0.717) is 47.1 Å². The van der Waals surface area contributed by atoms with Crippen molar-refractivity contribution >= 4 is 23.0 Å². The van der Waals surface area contributed by atoms with E-state index < -0.39 is 6.04 Å². The Morgan fingerprint density at radius 3 is 2.36 bits per heavy atom. The summed E-state index contributed by atoms with van der Waals surface area (Å²) >= 11 is 6.56. The lowest BCUT2D eigenvalue weighted by Gasteiger charge is -2.36. The van der Waals surface area contributed by atoms with Crippen LogP contribution in [0.2, 0.25) is 5.02 Å². The van der Waals surface area contributed by atoms with Gasteiger partial charge in [-0.15, -0.1) is 0 Å². The SMILES string of the molecule is Cc1ccc(C(=O)N(CCN)C(c2cc3c(Cl)c(C)nn3c(=O)n2Cc2ccccc2)C(C)C)cc1. The first kappa shape index (κ1) is 25.7. The topological polar surface area (TPSA) is 85.6 Å². The predicted molar refractivity (Wildman–Crippen MR) is 144 cm³/mol. The summed E-state index contributed by atoms with van der Waals surface area (Å²) in [6.45, 7) is 8.81. The Kier molecular flexibility index (Phi) is 7.62. The molecule has 1 unspecified atom stereocenters. The summed E-state index contributed by atoms with van der Waals surface area (Å²) in [5.74, 6) is -0.147. The molecule has 8 heteroatoms. The van der Waals surface area contributed by atoms with Gasteiger partial charge in [0.2, 0.25) is 0 Å². The zero-order valence-corrected chi connectivity index (χ0v) is 21.9. The van der Waals surface area contributed by atoms with Crippen molar-refractivity contribution in [1.29, 1.82) is 0 Å². The number of hydrogen-bond acceptors (Lipinski definition) is 4. The number of carbonyl (C=O) groups excluding carboxylic acids is 1. The number of halogens is 1. The number of aryl methyl sites for hydroxylation is 2. The molecule has 36 heavy (non-hydrogen) atoms. The number of hydrogen-bond donors (Lipinski definition) is 1. The third kappa shape index (κ3) is 4.94. The minimum atomic E-state index is -0.421. The summed E-state index contributed by atoms with van der Waals surface area (Å²) in [6, 6.07) is 18.7. The summed E-state index contributed by atoms with van der Waals surface area (Å²) in [7, 11) is 0. The Hall–Kier alpha value is -3.42. The smallest absolute Gasteiger partial charge is 0.329 e. The highest BCUT2D eigenvalue weighted by Crippen LogP contribution is 2.32. The fourth-order valence-corrected chi connectivity index (χ4v) is 4.81. The number of aromatic nitrogens is 3. The molecule has 0 aliphatic heterocycles. The van der Waals surface area contributed by atoms with Gasteiger partial charge in [0.05, 0.1) is 28.8 Å². The van der Waals surface area contributed by atoms with Crippen molar-refractivity contribution in [3.63, 3.8) is 0 Å². The van der Waals surface area contributed by atoms with E-state index in [4.69, 9.17) is 17.3 Å². The van der Waals surface area contributed by atoms with Gasteiger partial charge in [-0.3, -0.25) is 9.36 Å². The van der Waals surface area contributed by atoms with Crippen LogP contribution in [0.25, 0.3) is 5.52 Å². The molecule has 4 rings (SSSR count). The molecule has 4 aromatic rings. The molecular weight excluding hydrogens is 474 g/mol. The van der Waals surface area contributed by atoms with Gasteiger partial charge in [0.15, 0.2) is 0 Å². The van der Waals surface area contributed by atoms with E-state index in [0.717, 1.165) is 11.1 Å². The van der Waals surface area contributed by atoms with Crippen molar-refractivity contribution in [2.45, 2.75) is 40.3 Å². The lowest BCUT2D eigenvalue weighted by Crippen LogP contribution is -2.43. The largest absolute Gasteiger partial charge is 0.349 e. The lowest BCUT2D eigenvalue weighted by atomic mass is 9.96. The van der Waals surface area contributed by atoms with Crippen molar-refractivity contribution in [2.75, 3.05) is 13.1 Å². The second-order valence-corrected chi connectivity index (χ2v) is 9.84. The maximum absolute atomic E-state index is 13.8. The van der Waals surface area contributed by atoms with Crippen LogP contribution < -0.4 is 11.4 Å². The average molecular weight is 506 g/mol. The normalized spacial score (nSPS) is 12.3. The number of amides is 1. The molecule has 2 heterocycles. The Morgan fingerprint density at radius 1 is 1.08 bits per heavy atom. The van der Waals surface area contributed by atoms with Crippen LogP contribution >= 0.6 is 11.6 Å². The Balaban J connectivity index is 1.94. The second kappa shape index (κ2) is 10.7. The highest BCUT2D eigenvalue weighted by Gasteiger charge is 2.32. The van der Waals surface area contributed by atoms with E-state index in [1.807, 2.05) is 81.4 Å². The van der Waals surface area contributed by atoms with Gasteiger partial charge in [-0.25, -0.2) is 4.79 Å². The van der Waals surface area contributed by atoms with Gasteiger partial charge in [0, 0.05) is 24.3 Å². The van der Waals surface area contributed by atoms with Crippen LogP contribution in [-0.2, 0) is 6.54 Å². The average Bonchev–Trinajstić information content (AvgIpc) is 3.15. The summed E-state index contributed by atoms with van der Waals surface area (Å²) in [5, 5.41) is 4.81. The minimum absolute atomic E-state index is 0.0161. The van der Waals surface area contributed by atoms with Crippen LogP contribution in [-0.4, -0.2) is 38.1 Å². The summed E-state index contributed by atoms with van der Waals surface area (Å²) in [5.41, 5.74) is 10.1. The molecule has 0 aliphatic carbocycles. The third-order valence-corrected chi connectivity index (χ3v) is 6.88. The van der Waals surface area contributed by atoms with Crippen LogP contribution in [0.1, 0.15) is 52.8 Å². The van der Waals surface area contributed by atoms with Crippen molar-refractivity contribution in [1.82, 2.24) is 19.1 Å². The molecule has 188 valence electrons. The van der Waals surface area contributed by atoms with Crippen LogP contribution in [0.15, 0.2) is 65.5 Å². The Morgan fingerprint density at radius 2 is 1.75 bits per heavy atom. The molecule has 0 bridgehead atoms. The molecule has 7 nitrogen and oxygen atoms in total. The van der Waals surface area contributed by atoms with Crippen molar-refractivity contribution in [3.05, 3.63) is 104 Å². The number of nitrogens with two attached hydrogens (primary N) is 1.